The van der Waals surface area contributed by atoms with Crippen LogP contribution in [-0.2, 0) is 10.2 Å². The Balaban J connectivity index is 1.23. The van der Waals surface area contributed by atoms with Crippen LogP contribution in [0.25, 0.3) is 5.69 Å². The van der Waals surface area contributed by atoms with Gasteiger partial charge in [0.15, 0.2) is 0 Å². The number of non-ortho nitro benzene ring substituents is 1. The molecule has 1 aromatic heterocycles. The molecule has 0 radical (unpaired) electrons. The SMILES string of the molecule is C[C@@]12CC34CCC=C[C@]3(c3ccc(-n5cccc5)cc3)[C@H]4[C@]1(OC(=O)c1ccc([N+](=O)[O-])cc1)C2. The van der Waals surface area contributed by atoms with Crippen LogP contribution in [0.4, 0.5) is 5.69 Å². The van der Waals surface area contributed by atoms with E-state index in [0.717, 1.165) is 31.4 Å². The van der Waals surface area contributed by atoms with Crippen LogP contribution in [0.1, 0.15) is 48.5 Å². The molecule has 1 unspecified atom stereocenters. The van der Waals surface area contributed by atoms with Gasteiger partial charge in [-0.1, -0.05) is 31.2 Å². The second-order valence-corrected chi connectivity index (χ2v) is 11.0. The number of hydrogen-bond donors (Lipinski definition) is 0. The van der Waals surface area contributed by atoms with E-state index in [-0.39, 0.29) is 33.8 Å². The lowest BCUT2D eigenvalue weighted by Crippen LogP contribution is -2.32. The predicted molar refractivity (Wildman–Crippen MR) is 130 cm³/mol. The lowest BCUT2D eigenvalue weighted by Gasteiger charge is -2.31. The van der Waals surface area contributed by atoms with Gasteiger partial charge < -0.3 is 9.30 Å². The topological polar surface area (TPSA) is 74.4 Å². The molecule has 2 aromatic carbocycles. The number of esters is 1. The highest BCUT2D eigenvalue weighted by Gasteiger charge is 2.96. The maximum Gasteiger partial charge on any atom is 0.338 e. The number of nitro benzene ring substituents is 1. The second kappa shape index (κ2) is 6.51. The van der Waals surface area contributed by atoms with Crippen LogP contribution in [0.15, 0.2) is 85.2 Å². The molecule has 3 saturated carbocycles. The summed E-state index contributed by atoms with van der Waals surface area (Å²) in [4.78, 5) is 23.8. The Morgan fingerprint density at radius 2 is 1.77 bits per heavy atom. The zero-order chi connectivity index (χ0) is 24.1. The first-order valence-electron chi connectivity index (χ1n) is 12.2. The fourth-order valence-corrected chi connectivity index (χ4v) is 8.02. The lowest BCUT2D eigenvalue weighted by atomic mass is 9.74. The average molecular weight is 467 g/mol. The summed E-state index contributed by atoms with van der Waals surface area (Å²) in [6, 6.07) is 18.6. The molecule has 0 bridgehead atoms. The van der Waals surface area contributed by atoms with Gasteiger partial charge in [0.1, 0.15) is 5.60 Å². The highest BCUT2D eigenvalue weighted by atomic mass is 16.6. The van der Waals surface area contributed by atoms with Crippen molar-refractivity contribution in [2.24, 2.45) is 16.7 Å². The van der Waals surface area contributed by atoms with E-state index in [9.17, 15) is 14.9 Å². The third-order valence-electron chi connectivity index (χ3n) is 9.44. The number of nitrogens with zero attached hydrogens (tertiary/aromatic N) is 2. The van der Waals surface area contributed by atoms with Gasteiger partial charge in [-0.25, -0.2) is 4.79 Å². The molecule has 6 nitrogen and oxygen atoms in total. The number of carbonyl (C=O) groups excluding carboxylic acids is 1. The van der Waals surface area contributed by atoms with Gasteiger partial charge in [-0.05, 0) is 73.1 Å². The van der Waals surface area contributed by atoms with Gasteiger partial charge in [-0.3, -0.25) is 10.1 Å². The number of aromatic nitrogens is 1. The van der Waals surface area contributed by atoms with Gasteiger partial charge in [-0.2, -0.15) is 0 Å². The summed E-state index contributed by atoms with van der Waals surface area (Å²) in [6.07, 6.45) is 12.9. The Kier molecular flexibility index (Phi) is 3.84. The summed E-state index contributed by atoms with van der Waals surface area (Å²) in [5, 5.41) is 11.0. The van der Waals surface area contributed by atoms with Crippen molar-refractivity contribution >= 4 is 11.7 Å². The minimum Gasteiger partial charge on any atom is -0.455 e. The van der Waals surface area contributed by atoms with Crippen LogP contribution in [0.3, 0.4) is 0 Å². The maximum absolute atomic E-state index is 13.2. The van der Waals surface area contributed by atoms with Gasteiger partial charge >= 0.3 is 5.97 Å². The molecule has 4 aliphatic carbocycles. The normalized spacial score (nSPS) is 35.5. The largest absolute Gasteiger partial charge is 0.455 e. The number of carbonyl (C=O) groups is 1. The van der Waals surface area contributed by atoms with Gasteiger partial charge in [0.2, 0.25) is 0 Å². The second-order valence-electron chi connectivity index (χ2n) is 11.0. The summed E-state index contributed by atoms with van der Waals surface area (Å²) in [7, 11) is 0. The van der Waals surface area contributed by atoms with Crippen molar-refractivity contribution in [2.75, 3.05) is 0 Å². The van der Waals surface area contributed by atoms with Crippen LogP contribution in [0.5, 0.6) is 0 Å². The smallest absolute Gasteiger partial charge is 0.338 e. The number of hydrogen-bond acceptors (Lipinski definition) is 4. The number of benzene rings is 2. The minimum atomic E-state index is -0.486. The number of rotatable bonds is 5. The Morgan fingerprint density at radius 1 is 1.06 bits per heavy atom. The molecule has 0 saturated heterocycles. The number of fused-ring (bicyclic) bond motifs is 3. The standard InChI is InChI=1S/C29H26N2O4/c1-26-18-27-14-2-3-15-28(27,21-8-12-22(13-9-21)30-16-4-5-17-30)25(27)29(26,19-26)35-24(32)20-6-10-23(11-7-20)31(33)34/h3-13,15-17,25H,2,14,18-19H2,1H3/t25-,26-,27?,28-,29+/m0/s1. The van der Waals surface area contributed by atoms with Crippen molar-refractivity contribution in [2.45, 2.75) is 43.6 Å². The third kappa shape index (κ3) is 2.47. The number of allylic oxidation sites excluding steroid dienone is 2. The predicted octanol–water partition coefficient (Wildman–Crippen LogP) is 6.00. The fourth-order valence-electron chi connectivity index (χ4n) is 8.02. The molecule has 5 atom stereocenters. The van der Waals surface area contributed by atoms with E-state index in [0.29, 0.717) is 5.56 Å². The summed E-state index contributed by atoms with van der Waals surface area (Å²) in [5.41, 5.74) is 2.29. The molecule has 3 aromatic rings. The summed E-state index contributed by atoms with van der Waals surface area (Å²) in [5.74, 6) is -0.128. The third-order valence-corrected chi connectivity index (χ3v) is 9.44. The van der Waals surface area contributed by atoms with Crippen molar-refractivity contribution in [3.8, 4) is 5.69 Å². The first kappa shape index (κ1) is 20.7. The molecule has 4 aliphatic rings. The van der Waals surface area contributed by atoms with Gasteiger partial charge in [0.25, 0.3) is 5.69 Å². The zero-order valence-electron chi connectivity index (χ0n) is 19.5. The number of ether oxygens (including phenoxy) is 1. The van der Waals surface area contributed by atoms with Crippen molar-refractivity contribution in [3.05, 3.63) is 106 Å². The van der Waals surface area contributed by atoms with Crippen molar-refractivity contribution in [3.63, 3.8) is 0 Å². The Bertz CT molecular complexity index is 1390. The Hall–Kier alpha value is -3.67. The molecule has 176 valence electrons. The number of nitro groups is 1. The molecule has 1 spiro atoms. The van der Waals surface area contributed by atoms with Crippen LogP contribution in [0.2, 0.25) is 0 Å². The van der Waals surface area contributed by atoms with Crippen molar-refractivity contribution < 1.29 is 14.5 Å². The molecule has 3 fully saturated rings. The van der Waals surface area contributed by atoms with Crippen LogP contribution in [-0.4, -0.2) is 21.1 Å². The van der Waals surface area contributed by atoms with Gasteiger partial charge in [0, 0.05) is 47.0 Å². The van der Waals surface area contributed by atoms with E-state index in [4.69, 9.17) is 4.74 Å². The fraction of sp³-hybridized carbons (Fsp3) is 0.345. The monoisotopic (exact) mass is 466 g/mol. The summed E-state index contributed by atoms with van der Waals surface area (Å²) < 4.78 is 8.49. The van der Waals surface area contributed by atoms with Crippen LogP contribution < -0.4 is 0 Å². The van der Waals surface area contributed by atoms with E-state index in [1.165, 1.54) is 29.8 Å². The van der Waals surface area contributed by atoms with E-state index < -0.39 is 10.5 Å². The lowest BCUT2D eigenvalue weighted by molar-refractivity contribution is -0.384. The van der Waals surface area contributed by atoms with Crippen molar-refractivity contribution in [1.82, 2.24) is 4.57 Å². The first-order chi connectivity index (χ1) is 16.9. The highest BCUT2D eigenvalue weighted by molar-refractivity contribution is 5.90. The molecule has 35 heavy (non-hydrogen) atoms. The maximum atomic E-state index is 13.2. The van der Waals surface area contributed by atoms with Gasteiger partial charge in [0.05, 0.1) is 10.5 Å². The van der Waals surface area contributed by atoms with E-state index >= 15 is 0 Å². The Labute approximate surface area is 203 Å². The molecular formula is C29H26N2O4. The highest BCUT2D eigenvalue weighted by Crippen LogP contribution is 2.94. The molecule has 1 heterocycles. The Morgan fingerprint density at radius 3 is 2.46 bits per heavy atom. The molecule has 0 aliphatic heterocycles. The summed E-state index contributed by atoms with van der Waals surface area (Å²) >= 11 is 0. The molecule has 0 N–H and O–H groups in total. The molecule has 7 rings (SSSR count). The van der Waals surface area contributed by atoms with Crippen LogP contribution in [0, 0.1) is 26.9 Å². The quantitative estimate of drug-likeness (QED) is 0.200. The van der Waals surface area contributed by atoms with E-state index in [1.807, 2.05) is 24.5 Å². The molecule has 6 heteroatoms. The van der Waals surface area contributed by atoms with E-state index in [1.54, 1.807) is 0 Å². The van der Waals surface area contributed by atoms with E-state index in [2.05, 4.69) is 47.9 Å². The zero-order valence-corrected chi connectivity index (χ0v) is 19.5. The summed E-state index contributed by atoms with van der Waals surface area (Å²) in [6.45, 7) is 2.26. The molecular weight excluding hydrogens is 440 g/mol. The minimum absolute atomic E-state index is 0.00609. The first-order valence-corrected chi connectivity index (χ1v) is 12.2. The average Bonchev–Trinajstić information content (AvgIpc) is 3.43. The van der Waals surface area contributed by atoms with Crippen LogP contribution >= 0.6 is 0 Å². The molecule has 0 amide bonds. The van der Waals surface area contributed by atoms with Gasteiger partial charge in [-0.15, -0.1) is 0 Å². The van der Waals surface area contributed by atoms with Crippen molar-refractivity contribution in [1.29, 1.82) is 0 Å².